The van der Waals surface area contributed by atoms with E-state index in [1.165, 1.54) is 25.3 Å². The third-order valence-corrected chi connectivity index (χ3v) is 4.35. The van der Waals surface area contributed by atoms with E-state index >= 15 is 0 Å². The Morgan fingerprint density at radius 1 is 0.913 bits per heavy atom. The standard InChI is InChI=1S/C18H32O5/c1-14-10-8-6-4-2-3-5-7-9-11-15(19)18(22)16(20)12-13-17(21)23-14/h12-16,18-20,22H,2-11H2,1H3. The van der Waals surface area contributed by atoms with Gasteiger partial charge in [0.2, 0.25) is 0 Å². The maximum atomic E-state index is 11.7. The first kappa shape index (κ1) is 20.1. The van der Waals surface area contributed by atoms with Gasteiger partial charge in [-0.15, -0.1) is 0 Å². The van der Waals surface area contributed by atoms with Crippen molar-refractivity contribution in [1.29, 1.82) is 0 Å². The van der Waals surface area contributed by atoms with Gasteiger partial charge >= 0.3 is 5.97 Å². The molecule has 5 nitrogen and oxygen atoms in total. The summed E-state index contributed by atoms with van der Waals surface area (Å²) in [5, 5.41) is 29.6. The molecule has 1 aliphatic rings. The van der Waals surface area contributed by atoms with E-state index < -0.39 is 24.3 Å². The predicted octanol–water partition coefficient (Wildman–Crippen LogP) is 2.47. The monoisotopic (exact) mass is 328 g/mol. The molecule has 134 valence electrons. The Kier molecular flexibility index (Phi) is 10.2. The van der Waals surface area contributed by atoms with Crippen molar-refractivity contribution in [3.8, 4) is 0 Å². The summed E-state index contributed by atoms with van der Waals surface area (Å²) >= 11 is 0. The van der Waals surface area contributed by atoms with E-state index in [0.717, 1.165) is 44.6 Å². The molecule has 4 atom stereocenters. The van der Waals surface area contributed by atoms with Crippen LogP contribution >= 0.6 is 0 Å². The van der Waals surface area contributed by atoms with Crippen LogP contribution in [0.25, 0.3) is 0 Å². The number of cyclic esters (lactones) is 1. The van der Waals surface area contributed by atoms with Crippen LogP contribution in [0.5, 0.6) is 0 Å². The maximum Gasteiger partial charge on any atom is 0.330 e. The number of rotatable bonds is 0. The van der Waals surface area contributed by atoms with Crippen LogP contribution in [0, 0.1) is 0 Å². The average Bonchev–Trinajstić information content (AvgIpc) is 2.52. The second kappa shape index (κ2) is 11.6. The lowest BCUT2D eigenvalue weighted by Crippen LogP contribution is -2.36. The van der Waals surface area contributed by atoms with E-state index in [4.69, 9.17) is 4.74 Å². The zero-order valence-corrected chi connectivity index (χ0v) is 14.2. The Morgan fingerprint density at radius 3 is 2.04 bits per heavy atom. The van der Waals surface area contributed by atoms with E-state index in [0.29, 0.717) is 6.42 Å². The zero-order valence-electron chi connectivity index (χ0n) is 14.2. The molecule has 0 aromatic carbocycles. The molecule has 3 N–H and O–H groups in total. The third kappa shape index (κ3) is 9.08. The van der Waals surface area contributed by atoms with Crippen LogP contribution in [-0.4, -0.2) is 45.7 Å². The number of aliphatic hydroxyl groups excluding tert-OH is 3. The number of esters is 1. The highest BCUT2D eigenvalue weighted by molar-refractivity contribution is 5.82. The Balaban J connectivity index is 2.55. The van der Waals surface area contributed by atoms with Crippen molar-refractivity contribution in [3.63, 3.8) is 0 Å². The summed E-state index contributed by atoms with van der Waals surface area (Å²) in [6.45, 7) is 1.86. The molecule has 1 rings (SSSR count). The van der Waals surface area contributed by atoms with Crippen molar-refractivity contribution in [1.82, 2.24) is 0 Å². The maximum absolute atomic E-state index is 11.7. The average molecular weight is 328 g/mol. The predicted molar refractivity (Wildman–Crippen MR) is 88.9 cm³/mol. The summed E-state index contributed by atoms with van der Waals surface area (Å²) in [6, 6.07) is 0. The first-order valence-electron chi connectivity index (χ1n) is 8.93. The van der Waals surface area contributed by atoms with Crippen LogP contribution in [0.15, 0.2) is 12.2 Å². The number of carbonyl (C=O) groups is 1. The van der Waals surface area contributed by atoms with Crippen LogP contribution in [-0.2, 0) is 9.53 Å². The van der Waals surface area contributed by atoms with E-state index in [9.17, 15) is 20.1 Å². The Labute approximate surface area is 139 Å². The van der Waals surface area contributed by atoms with Crippen molar-refractivity contribution in [3.05, 3.63) is 12.2 Å². The molecule has 0 aromatic heterocycles. The van der Waals surface area contributed by atoms with Crippen LogP contribution in [0.3, 0.4) is 0 Å². The molecule has 0 aliphatic carbocycles. The van der Waals surface area contributed by atoms with Crippen molar-refractivity contribution in [2.75, 3.05) is 0 Å². The van der Waals surface area contributed by atoms with Gasteiger partial charge in [-0.1, -0.05) is 44.9 Å². The number of hydrogen-bond donors (Lipinski definition) is 3. The topological polar surface area (TPSA) is 87.0 Å². The lowest BCUT2D eigenvalue weighted by Gasteiger charge is -2.21. The SMILES string of the molecule is CC1CCCCCCCCCCC(O)C(O)C(O)C=CC(=O)O1. The molecule has 0 saturated heterocycles. The summed E-state index contributed by atoms with van der Waals surface area (Å²) < 4.78 is 5.23. The Bertz CT molecular complexity index is 355. The molecule has 4 unspecified atom stereocenters. The largest absolute Gasteiger partial charge is 0.460 e. The molecule has 0 spiro atoms. The second-order valence-electron chi connectivity index (χ2n) is 6.56. The summed E-state index contributed by atoms with van der Waals surface area (Å²) in [4.78, 5) is 11.7. The minimum atomic E-state index is -1.28. The molecule has 0 fully saturated rings. The highest BCUT2D eigenvalue weighted by Crippen LogP contribution is 2.15. The van der Waals surface area contributed by atoms with Crippen molar-refractivity contribution in [2.45, 2.75) is 95.5 Å². The normalized spacial score (nSPS) is 33.5. The molecule has 1 heterocycles. The second-order valence-corrected chi connectivity index (χ2v) is 6.56. The number of ether oxygens (including phenoxy) is 1. The van der Waals surface area contributed by atoms with Gasteiger partial charge in [-0.05, 0) is 32.3 Å². The summed E-state index contributed by atoms with van der Waals surface area (Å²) in [6.07, 6.45) is 8.70. The summed E-state index contributed by atoms with van der Waals surface area (Å²) in [5.41, 5.74) is 0. The van der Waals surface area contributed by atoms with Crippen LogP contribution in [0.4, 0.5) is 0 Å². The molecule has 5 heteroatoms. The van der Waals surface area contributed by atoms with E-state index in [2.05, 4.69) is 0 Å². The van der Waals surface area contributed by atoms with Crippen molar-refractivity contribution >= 4 is 5.97 Å². The lowest BCUT2D eigenvalue weighted by molar-refractivity contribution is -0.142. The number of hydrogen-bond acceptors (Lipinski definition) is 5. The highest BCUT2D eigenvalue weighted by atomic mass is 16.5. The van der Waals surface area contributed by atoms with Crippen molar-refractivity contribution in [2.24, 2.45) is 0 Å². The molecule has 1 aliphatic heterocycles. The van der Waals surface area contributed by atoms with Gasteiger partial charge in [0.25, 0.3) is 0 Å². The smallest absolute Gasteiger partial charge is 0.330 e. The van der Waals surface area contributed by atoms with Gasteiger partial charge in [0.1, 0.15) is 12.2 Å². The van der Waals surface area contributed by atoms with Gasteiger partial charge < -0.3 is 20.1 Å². The first-order valence-corrected chi connectivity index (χ1v) is 8.93. The number of aliphatic hydroxyl groups is 3. The number of carbonyl (C=O) groups excluding carboxylic acids is 1. The van der Waals surface area contributed by atoms with E-state index in [-0.39, 0.29) is 6.10 Å². The first-order chi connectivity index (χ1) is 11.0. The lowest BCUT2D eigenvalue weighted by atomic mass is 10.00. The fourth-order valence-electron chi connectivity index (χ4n) is 2.83. The van der Waals surface area contributed by atoms with Gasteiger partial charge in [-0.25, -0.2) is 4.79 Å². The van der Waals surface area contributed by atoms with Gasteiger partial charge in [0.05, 0.1) is 12.2 Å². The van der Waals surface area contributed by atoms with Crippen molar-refractivity contribution < 1.29 is 24.9 Å². The van der Waals surface area contributed by atoms with Gasteiger partial charge in [-0.2, -0.15) is 0 Å². The Hall–Kier alpha value is -0.910. The van der Waals surface area contributed by atoms with E-state index in [1.807, 2.05) is 6.92 Å². The minimum absolute atomic E-state index is 0.154. The van der Waals surface area contributed by atoms with E-state index in [1.54, 1.807) is 0 Å². The highest BCUT2D eigenvalue weighted by Gasteiger charge is 2.22. The summed E-state index contributed by atoms with van der Waals surface area (Å²) in [5.74, 6) is -0.528. The van der Waals surface area contributed by atoms with Crippen LogP contribution in [0.1, 0.15) is 71.1 Å². The molecular formula is C18H32O5. The zero-order chi connectivity index (χ0) is 17.1. The third-order valence-electron chi connectivity index (χ3n) is 4.35. The molecular weight excluding hydrogens is 296 g/mol. The molecule has 0 aromatic rings. The molecule has 0 radical (unpaired) electrons. The molecule has 23 heavy (non-hydrogen) atoms. The quantitative estimate of drug-likeness (QED) is 0.595. The fourth-order valence-corrected chi connectivity index (χ4v) is 2.83. The minimum Gasteiger partial charge on any atom is -0.460 e. The fraction of sp³-hybridized carbons (Fsp3) is 0.833. The van der Waals surface area contributed by atoms with Crippen LogP contribution < -0.4 is 0 Å². The summed E-state index contributed by atoms with van der Waals surface area (Å²) in [7, 11) is 0. The molecule has 0 saturated carbocycles. The van der Waals surface area contributed by atoms with Crippen LogP contribution in [0.2, 0.25) is 0 Å². The molecule has 0 bridgehead atoms. The molecule has 0 amide bonds. The van der Waals surface area contributed by atoms with Gasteiger partial charge in [-0.3, -0.25) is 0 Å². The van der Waals surface area contributed by atoms with Gasteiger partial charge in [0, 0.05) is 6.08 Å². The van der Waals surface area contributed by atoms with Gasteiger partial charge in [0.15, 0.2) is 0 Å². The Morgan fingerprint density at radius 2 is 1.43 bits per heavy atom.